The van der Waals surface area contributed by atoms with Gasteiger partial charge >= 0.3 is 0 Å². The van der Waals surface area contributed by atoms with E-state index in [2.05, 4.69) is 21.9 Å². The highest BCUT2D eigenvalue weighted by Crippen LogP contribution is 2.22. The van der Waals surface area contributed by atoms with Crippen molar-refractivity contribution < 1.29 is 0 Å². The Morgan fingerprint density at radius 2 is 2.15 bits per heavy atom. The van der Waals surface area contributed by atoms with E-state index in [4.69, 9.17) is 0 Å². The fourth-order valence-electron chi connectivity index (χ4n) is 0.999. The van der Waals surface area contributed by atoms with Gasteiger partial charge in [0, 0.05) is 23.5 Å². The van der Waals surface area contributed by atoms with Gasteiger partial charge in [0.05, 0.1) is 6.20 Å². The molecule has 0 aliphatic heterocycles. The number of thiazole rings is 1. The van der Waals surface area contributed by atoms with Crippen LogP contribution in [0.25, 0.3) is 10.7 Å². The smallest absolute Gasteiger partial charge is 0.143 e. The largest absolute Gasteiger partial charge is 0.261 e. The topological polar surface area (TPSA) is 38.7 Å². The van der Waals surface area contributed by atoms with Crippen molar-refractivity contribution in [3.05, 3.63) is 29.7 Å². The molecule has 0 N–H and O–H groups in total. The minimum absolute atomic E-state index is 0.854. The molecule has 0 amide bonds. The molecule has 0 aromatic carbocycles. The van der Waals surface area contributed by atoms with Crippen molar-refractivity contribution in [2.75, 3.05) is 0 Å². The molecule has 0 aliphatic rings. The molecule has 66 valence electrons. The van der Waals surface area contributed by atoms with Gasteiger partial charge in [0.25, 0.3) is 0 Å². The van der Waals surface area contributed by atoms with Crippen molar-refractivity contribution in [1.29, 1.82) is 0 Å². The second kappa shape index (κ2) is 3.62. The maximum Gasteiger partial charge on any atom is 0.143 e. The Balaban J connectivity index is 2.36. The molecule has 0 atom stereocenters. The van der Waals surface area contributed by atoms with Gasteiger partial charge in [-0.1, -0.05) is 6.92 Å². The van der Waals surface area contributed by atoms with E-state index in [1.807, 2.05) is 6.20 Å². The zero-order chi connectivity index (χ0) is 9.10. The van der Waals surface area contributed by atoms with Crippen LogP contribution in [0.2, 0.25) is 0 Å². The van der Waals surface area contributed by atoms with Crippen molar-refractivity contribution >= 4 is 11.3 Å². The first-order valence-corrected chi connectivity index (χ1v) is 4.93. The minimum atomic E-state index is 0.854. The highest BCUT2D eigenvalue weighted by Gasteiger charge is 2.03. The Kier molecular flexibility index (Phi) is 2.31. The van der Waals surface area contributed by atoms with E-state index in [1.54, 1.807) is 29.9 Å². The van der Waals surface area contributed by atoms with Gasteiger partial charge in [-0.2, -0.15) is 0 Å². The van der Waals surface area contributed by atoms with Crippen LogP contribution in [-0.2, 0) is 6.42 Å². The second-order valence-electron chi connectivity index (χ2n) is 2.58. The van der Waals surface area contributed by atoms with Gasteiger partial charge in [-0.25, -0.2) is 4.98 Å². The van der Waals surface area contributed by atoms with Gasteiger partial charge in [-0.15, -0.1) is 11.3 Å². The highest BCUT2D eigenvalue weighted by molar-refractivity contribution is 7.14. The van der Waals surface area contributed by atoms with Crippen molar-refractivity contribution in [1.82, 2.24) is 15.0 Å². The maximum atomic E-state index is 4.27. The minimum Gasteiger partial charge on any atom is -0.261 e. The van der Waals surface area contributed by atoms with Gasteiger partial charge in [0.2, 0.25) is 0 Å². The van der Waals surface area contributed by atoms with E-state index < -0.39 is 0 Å². The molecule has 13 heavy (non-hydrogen) atoms. The molecule has 0 spiro atoms. The maximum absolute atomic E-state index is 4.27. The first-order chi connectivity index (χ1) is 6.40. The summed E-state index contributed by atoms with van der Waals surface area (Å²) in [6.45, 7) is 2.12. The quantitative estimate of drug-likeness (QED) is 0.730. The van der Waals surface area contributed by atoms with E-state index in [9.17, 15) is 0 Å². The first kappa shape index (κ1) is 8.31. The third-order valence-corrected chi connectivity index (χ3v) is 2.85. The van der Waals surface area contributed by atoms with Crippen molar-refractivity contribution in [2.45, 2.75) is 13.3 Å². The van der Waals surface area contributed by atoms with Gasteiger partial charge in [-0.05, 0) is 6.42 Å². The summed E-state index contributed by atoms with van der Waals surface area (Å²) in [5.41, 5.74) is 0.854. The predicted molar refractivity (Wildman–Crippen MR) is 52.5 cm³/mol. The Morgan fingerprint density at radius 3 is 2.77 bits per heavy atom. The monoisotopic (exact) mass is 191 g/mol. The van der Waals surface area contributed by atoms with Gasteiger partial charge in [0.1, 0.15) is 10.7 Å². The molecule has 0 aliphatic carbocycles. The average molecular weight is 191 g/mol. The molecular formula is C9H9N3S. The van der Waals surface area contributed by atoms with Crippen molar-refractivity contribution in [3.8, 4) is 10.7 Å². The molecule has 3 nitrogen and oxygen atoms in total. The number of nitrogens with zero attached hydrogens (tertiary/aromatic N) is 3. The summed E-state index contributed by atoms with van der Waals surface area (Å²) >= 11 is 1.67. The zero-order valence-corrected chi connectivity index (χ0v) is 8.08. The van der Waals surface area contributed by atoms with Crippen LogP contribution in [0.3, 0.4) is 0 Å². The summed E-state index contributed by atoms with van der Waals surface area (Å²) < 4.78 is 0. The van der Waals surface area contributed by atoms with Gasteiger partial charge < -0.3 is 0 Å². The average Bonchev–Trinajstić information content (AvgIpc) is 2.67. The second-order valence-corrected chi connectivity index (χ2v) is 3.69. The lowest BCUT2D eigenvalue weighted by atomic mass is 10.4. The summed E-state index contributed by atoms with van der Waals surface area (Å²) in [4.78, 5) is 13.7. The third-order valence-electron chi connectivity index (χ3n) is 1.68. The standard InChI is InChI=1S/C9H9N3S/c1-2-7-5-12-9(13-7)8-6-10-3-4-11-8/h3-6H,2H2,1H3. The van der Waals surface area contributed by atoms with Crippen LogP contribution in [-0.4, -0.2) is 15.0 Å². The van der Waals surface area contributed by atoms with Crippen LogP contribution in [0.5, 0.6) is 0 Å². The Hall–Kier alpha value is -1.29. The Bertz CT molecular complexity index is 383. The molecule has 0 saturated heterocycles. The van der Waals surface area contributed by atoms with Gasteiger partial charge in [0.15, 0.2) is 0 Å². The number of aryl methyl sites for hydroxylation is 1. The Morgan fingerprint density at radius 1 is 1.23 bits per heavy atom. The van der Waals surface area contributed by atoms with E-state index >= 15 is 0 Å². The van der Waals surface area contributed by atoms with Crippen LogP contribution >= 0.6 is 11.3 Å². The van der Waals surface area contributed by atoms with E-state index in [0.29, 0.717) is 0 Å². The summed E-state index contributed by atoms with van der Waals surface area (Å²) in [6.07, 6.45) is 8.01. The molecule has 0 radical (unpaired) electrons. The number of hydrogen-bond donors (Lipinski definition) is 0. The van der Waals surface area contributed by atoms with Crippen LogP contribution in [0.15, 0.2) is 24.8 Å². The summed E-state index contributed by atoms with van der Waals surface area (Å²) in [5, 5.41) is 0.949. The molecular weight excluding hydrogens is 182 g/mol. The lowest BCUT2D eigenvalue weighted by molar-refractivity contribution is 1.16. The Labute approximate surface area is 80.5 Å². The number of hydrogen-bond acceptors (Lipinski definition) is 4. The van der Waals surface area contributed by atoms with Crippen LogP contribution in [0, 0.1) is 0 Å². The number of aromatic nitrogens is 3. The van der Waals surface area contributed by atoms with Crippen molar-refractivity contribution in [3.63, 3.8) is 0 Å². The molecule has 0 bridgehead atoms. The van der Waals surface area contributed by atoms with E-state index in [0.717, 1.165) is 17.1 Å². The van der Waals surface area contributed by atoms with Crippen LogP contribution in [0.1, 0.15) is 11.8 Å². The molecule has 0 fully saturated rings. The van der Waals surface area contributed by atoms with Crippen LogP contribution < -0.4 is 0 Å². The molecule has 0 saturated carbocycles. The molecule has 2 heterocycles. The molecule has 0 unspecified atom stereocenters. The fourth-order valence-corrected chi connectivity index (χ4v) is 1.81. The molecule has 2 rings (SSSR count). The summed E-state index contributed by atoms with van der Waals surface area (Å²) in [6, 6.07) is 0. The lowest BCUT2D eigenvalue weighted by Gasteiger charge is -1.90. The lowest BCUT2D eigenvalue weighted by Crippen LogP contribution is -1.81. The summed E-state index contributed by atoms with van der Waals surface area (Å²) in [5.74, 6) is 0. The van der Waals surface area contributed by atoms with E-state index in [1.165, 1.54) is 4.88 Å². The first-order valence-electron chi connectivity index (χ1n) is 4.11. The van der Waals surface area contributed by atoms with Crippen LogP contribution in [0.4, 0.5) is 0 Å². The third kappa shape index (κ3) is 1.72. The molecule has 4 heteroatoms. The fraction of sp³-hybridized carbons (Fsp3) is 0.222. The summed E-state index contributed by atoms with van der Waals surface area (Å²) in [7, 11) is 0. The highest BCUT2D eigenvalue weighted by atomic mass is 32.1. The number of rotatable bonds is 2. The van der Waals surface area contributed by atoms with Gasteiger partial charge in [-0.3, -0.25) is 9.97 Å². The SMILES string of the molecule is CCc1cnc(-c2cnccn2)s1. The van der Waals surface area contributed by atoms with Crippen molar-refractivity contribution in [2.24, 2.45) is 0 Å². The molecule has 2 aromatic rings. The zero-order valence-electron chi connectivity index (χ0n) is 7.27. The van der Waals surface area contributed by atoms with E-state index in [-0.39, 0.29) is 0 Å². The normalized spacial score (nSPS) is 10.2. The molecule has 2 aromatic heterocycles. The predicted octanol–water partition coefficient (Wildman–Crippen LogP) is 2.16.